The summed E-state index contributed by atoms with van der Waals surface area (Å²) in [5.41, 5.74) is 1.94. The number of amides is 2. The zero-order valence-electron chi connectivity index (χ0n) is 12.9. The summed E-state index contributed by atoms with van der Waals surface area (Å²) >= 11 is 1.68. The highest BCUT2D eigenvalue weighted by molar-refractivity contribution is 7.99. The molecule has 3 aromatic rings. The molecular formula is C18H15N3O2S. The molecule has 0 N–H and O–H groups in total. The molecule has 0 saturated heterocycles. The number of benzene rings is 1. The second-order valence-corrected chi connectivity index (χ2v) is 6.65. The van der Waals surface area contributed by atoms with Crippen LogP contribution < -0.4 is 0 Å². The molecule has 0 radical (unpaired) electrons. The molecule has 0 atom stereocenters. The number of hydrogen-bond donors (Lipinski definition) is 0. The number of nitrogens with zero attached hydrogens (tertiary/aromatic N) is 3. The summed E-state index contributed by atoms with van der Waals surface area (Å²) < 4.78 is 2.03. The van der Waals surface area contributed by atoms with Crippen molar-refractivity contribution in [3.8, 4) is 0 Å². The number of carbonyl (C=O) groups is 2. The molecule has 5 nitrogen and oxygen atoms in total. The maximum absolute atomic E-state index is 12.3. The van der Waals surface area contributed by atoms with Gasteiger partial charge in [-0.2, -0.15) is 0 Å². The minimum absolute atomic E-state index is 0.185. The van der Waals surface area contributed by atoms with E-state index in [9.17, 15) is 9.59 Å². The minimum atomic E-state index is -0.185. The molecule has 4 rings (SSSR count). The molecule has 1 aromatic carbocycles. The van der Waals surface area contributed by atoms with Gasteiger partial charge in [0, 0.05) is 18.5 Å². The Bertz CT molecular complexity index is 900. The maximum Gasteiger partial charge on any atom is 0.261 e. The lowest BCUT2D eigenvalue weighted by Crippen LogP contribution is -2.31. The minimum Gasteiger partial charge on any atom is -0.295 e. The summed E-state index contributed by atoms with van der Waals surface area (Å²) in [5, 5.41) is 1.06. The van der Waals surface area contributed by atoms with Crippen LogP contribution in [-0.2, 0) is 0 Å². The molecule has 6 heteroatoms. The molecule has 2 amide bonds. The molecule has 0 unspecified atom stereocenters. The van der Waals surface area contributed by atoms with Crippen molar-refractivity contribution in [3.63, 3.8) is 0 Å². The number of thioether (sulfide) groups is 1. The van der Waals surface area contributed by atoms with Crippen LogP contribution in [-0.4, -0.2) is 38.4 Å². The van der Waals surface area contributed by atoms with Crippen LogP contribution in [0.3, 0.4) is 0 Å². The monoisotopic (exact) mass is 337 g/mol. The molecule has 0 saturated carbocycles. The van der Waals surface area contributed by atoms with Crippen molar-refractivity contribution >= 4 is 29.2 Å². The fourth-order valence-electron chi connectivity index (χ4n) is 2.86. The van der Waals surface area contributed by atoms with Crippen molar-refractivity contribution in [3.05, 3.63) is 66.0 Å². The number of imidazole rings is 1. The molecule has 0 spiro atoms. The Hall–Kier alpha value is -2.60. The highest BCUT2D eigenvalue weighted by Gasteiger charge is 2.34. The van der Waals surface area contributed by atoms with E-state index in [1.165, 1.54) is 4.90 Å². The Labute approximate surface area is 143 Å². The van der Waals surface area contributed by atoms with E-state index in [0.29, 0.717) is 17.7 Å². The fourth-order valence-corrected chi connectivity index (χ4v) is 3.76. The lowest BCUT2D eigenvalue weighted by atomic mass is 10.1. The Morgan fingerprint density at radius 2 is 1.67 bits per heavy atom. The van der Waals surface area contributed by atoms with Crippen molar-refractivity contribution in [2.45, 2.75) is 11.4 Å². The van der Waals surface area contributed by atoms with E-state index in [-0.39, 0.29) is 11.8 Å². The van der Waals surface area contributed by atoms with Gasteiger partial charge >= 0.3 is 0 Å². The van der Waals surface area contributed by atoms with Gasteiger partial charge in [-0.05, 0) is 30.7 Å². The fraction of sp³-hybridized carbons (Fsp3) is 0.167. The van der Waals surface area contributed by atoms with Crippen molar-refractivity contribution in [1.82, 2.24) is 14.3 Å². The molecule has 1 aliphatic rings. The van der Waals surface area contributed by atoms with Gasteiger partial charge < -0.3 is 0 Å². The molecule has 0 fully saturated rings. The molecule has 2 aromatic heterocycles. The summed E-state index contributed by atoms with van der Waals surface area (Å²) in [6, 6.07) is 12.9. The third kappa shape index (κ3) is 2.49. The molecule has 0 bridgehead atoms. The van der Waals surface area contributed by atoms with Gasteiger partial charge in [0.15, 0.2) is 0 Å². The van der Waals surface area contributed by atoms with Gasteiger partial charge in [0.1, 0.15) is 5.65 Å². The highest BCUT2D eigenvalue weighted by Crippen LogP contribution is 2.24. The summed E-state index contributed by atoms with van der Waals surface area (Å²) in [6.07, 6.45) is 4.58. The number of fused-ring (bicyclic) bond motifs is 2. The van der Waals surface area contributed by atoms with Crippen LogP contribution in [0.15, 0.2) is 59.9 Å². The third-order valence-electron chi connectivity index (χ3n) is 4.04. The number of aromatic nitrogens is 2. The van der Waals surface area contributed by atoms with Gasteiger partial charge in [0.05, 0.1) is 22.3 Å². The number of carbonyl (C=O) groups excluding carboxylic acids is 2. The standard InChI is InChI=1S/C18H15N3O2S/c22-17-13-6-1-2-7-14(13)18(23)21(17)10-5-11-24-16-12-19-15-8-3-4-9-20(15)16/h1-4,6-9,12H,5,10-11H2. The summed E-state index contributed by atoms with van der Waals surface area (Å²) in [5.74, 6) is 0.446. The quantitative estimate of drug-likeness (QED) is 0.408. The predicted octanol–water partition coefficient (Wildman–Crippen LogP) is 3.11. The van der Waals surface area contributed by atoms with Gasteiger partial charge in [-0.15, -0.1) is 11.8 Å². The largest absolute Gasteiger partial charge is 0.295 e. The second-order valence-electron chi connectivity index (χ2n) is 5.53. The summed E-state index contributed by atoms with van der Waals surface area (Å²) in [4.78, 5) is 30.3. The lowest BCUT2D eigenvalue weighted by Gasteiger charge is -2.13. The molecular weight excluding hydrogens is 322 g/mol. The Balaban J connectivity index is 1.37. The van der Waals surface area contributed by atoms with Crippen LogP contribution in [0.2, 0.25) is 0 Å². The molecule has 24 heavy (non-hydrogen) atoms. The first kappa shape index (κ1) is 15.0. The van der Waals surface area contributed by atoms with Crippen LogP contribution >= 0.6 is 11.8 Å². The predicted molar refractivity (Wildman–Crippen MR) is 92.3 cm³/mol. The lowest BCUT2D eigenvalue weighted by molar-refractivity contribution is 0.0655. The number of hydrogen-bond acceptors (Lipinski definition) is 4. The van der Waals surface area contributed by atoms with E-state index < -0.39 is 0 Å². The third-order valence-corrected chi connectivity index (χ3v) is 5.13. The maximum atomic E-state index is 12.3. The van der Waals surface area contributed by atoms with Crippen molar-refractivity contribution in [1.29, 1.82) is 0 Å². The van der Waals surface area contributed by atoms with E-state index in [0.717, 1.165) is 22.8 Å². The molecule has 120 valence electrons. The van der Waals surface area contributed by atoms with E-state index in [1.807, 2.05) is 35.0 Å². The Morgan fingerprint density at radius 1 is 0.958 bits per heavy atom. The first-order valence-electron chi connectivity index (χ1n) is 7.76. The molecule has 3 heterocycles. The summed E-state index contributed by atoms with van der Waals surface area (Å²) in [6.45, 7) is 0.441. The van der Waals surface area contributed by atoms with E-state index in [1.54, 1.807) is 36.0 Å². The van der Waals surface area contributed by atoms with Gasteiger partial charge in [-0.3, -0.25) is 18.9 Å². The van der Waals surface area contributed by atoms with Crippen LogP contribution in [0.5, 0.6) is 0 Å². The van der Waals surface area contributed by atoms with Crippen molar-refractivity contribution in [2.75, 3.05) is 12.3 Å². The zero-order valence-corrected chi connectivity index (χ0v) is 13.7. The van der Waals surface area contributed by atoms with Crippen molar-refractivity contribution < 1.29 is 9.59 Å². The second kappa shape index (κ2) is 6.13. The van der Waals surface area contributed by atoms with Crippen LogP contribution in [0, 0.1) is 0 Å². The van der Waals surface area contributed by atoms with Gasteiger partial charge in [0.2, 0.25) is 0 Å². The molecule has 1 aliphatic heterocycles. The molecule has 0 aliphatic carbocycles. The van der Waals surface area contributed by atoms with E-state index in [4.69, 9.17) is 0 Å². The topological polar surface area (TPSA) is 54.7 Å². The van der Waals surface area contributed by atoms with Gasteiger partial charge in [-0.1, -0.05) is 18.2 Å². The summed E-state index contributed by atoms with van der Waals surface area (Å²) in [7, 11) is 0. The smallest absolute Gasteiger partial charge is 0.261 e. The number of rotatable bonds is 5. The average Bonchev–Trinajstić information content (AvgIpc) is 3.13. The van der Waals surface area contributed by atoms with Crippen LogP contribution in [0.4, 0.5) is 0 Å². The highest BCUT2D eigenvalue weighted by atomic mass is 32.2. The first-order valence-corrected chi connectivity index (χ1v) is 8.74. The van der Waals surface area contributed by atoms with Gasteiger partial charge in [-0.25, -0.2) is 4.98 Å². The number of pyridine rings is 1. The Morgan fingerprint density at radius 3 is 2.42 bits per heavy atom. The zero-order chi connectivity index (χ0) is 16.5. The van der Waals surface area contributed by atoms with E-state index in [2.05, 4.69) is 4.98 Å². The van der Waals surface area contributed by atoms with Crippen LogP contribution in [0.1, 0.15) is 27.1 Å². The SMILES string of the molecule is O=C1c2ccccc2C(=O)N1CCCSc1cnc2ccccn12. The normalized spacial score (nSPS) is 13.8. The van der Waals surface area contributed by atoms with Crippen molar-refractivity contribution in [2.24, 2.45) is 0 Å². The van der Waals surface area contributed by atoms with Gasteiger partial charge in [0.25, 0.3) is 11.8 Å². The average molecular weight is 337 g/mol. The number of imide groups is 1. The Kier molecular flexibility index (Phi) is 3.82. The van der Waals surface area contributed by atoms with E-state index >= 15 is 0 Å². The van der Waals surface area contributed by atoms with Crippen LogP contribution in [0.25, 0.3) is 5.65 Å². The first-order chi connectivity index (χ1) is 11.8.